The molecule has 8 heteroatoms. The molecular weight excluding hydrogens is 492 g/mol. The van der Waals surface area contributed by atoms with Gasteiger partial charge >= 0.3 is 0 Å². The third-order valence-corrected chi connectivity index (χ3v) is 5.15. The van der Waals surface area contributed by atoms with Crippen molar-refractivity contribution in [2.75, 3.05) is 14.2 Å². The summed E-state index contributed by atoms with van der Waals surface area (Å²) in [7, 11) is 3.16. The molecule has 3 rings (SSSR count). The second-order valence-electron chi connectivity index (χ2n) is 5.75. The predicted molar refractivity (Wildman–Crippen MR) is 116 cm³/mol. The maximum atomic E-state index is 12.4. The first-order valence-electron chi connectivity index (χ1n) is 8.10. The van der Waals surface area contributed by atoms with E-state index in [1.807, 2.05) is 30.3 Å². The summed E-state index contributed by atoms with van der Waals surface area (Å²) >= 11 is 6.49. The molecule has 0 aliphatic heterocycles. The largest absolute Gasteiger partial charge is 0.506 e. The molecular formula is C20H16Br2N2O4. The van der Waals surface area contributed by atoms with Crippen LogP contribution in [0.25, 0.3) is 10.8 Å². The Morgan fingerprint density at radius 1 is 1.11 bits per heavy atom. The van der Waals surface area contributed by atoms with E-state index in [0.717, 1.165) is 10.8 Å². The molecule has 0 atom stereocenters. The molecule has 2 N–H and O–H groups in total. The summed E-state index contributed by atoms with van der Waals surface area (Å²) < 4.78 is 11.8. The molecule has 0 fully saturated rings. The fourth-order valence-corrected chi connectivity index (χ4v) is 3.92. The monoisotopic (exact) mass is 506 g/mol. The Morgan fingerprint density at radius 2 is 1.86 bits per heavy atom. The van der Waals surface area contributed by atoms with Crippen LogP contribution in [0.1, 0.15) is 15.9 Å². The number of benzene rings is 3. The van der Waals surface area contributed by atoms with Crippen molar-refractivity contribution in [3.8, 4) is 17.2 Å². The lowest BCUT2D eigenvalue weighted by Gasteiger charge is -2.10. The smallest absolute Gasteiger partial charge is 0.275 e. The average Bonchev–Trinajstić information content (AvgIpc) is 2.70. The lowest BCUT2D eigenvalue weighted by atomic mass is 10.0. The molecule has 6 nitrogen and oxygen atoms in total. The van der Waals surface area contributed by atoms with Crippen LogP contribution < -0.4 is 14.9 Å². The summed E-state index contributed by atoms with van der Waals surface area (Å²) in [6.07, 6.45) is 1.50. The van der Waals surface area contributed by atoms with Crippen molar-refractivity contribution in [1.82, 2.24) is 5.43 Å². The van der Waals surface area contributed by atoms with E-state index in [1.54, 1.807) is 20.3 Å². The van der Waals surface area contributed by atoms with Crippen LogP contribution >= 0.6 is 31.9 Å². The van der Waals surface area contributed by atoms with Crippen LogP contribution in [0.4, 0.5) is 0 Å². The van der Waals surface area contributed by atoms with Crippen LogP contribution in [0.2, 0.25) is 0 Å². The number of hydrazone groups is 1. The number of aromatic hydroxyl groups is 1. The zero-order chi connectivity index (χ0) is 20.3. The summed E-state index contributed by atoms with van der Waals surface area (Å²) in [4.78, 5) is 12.4. The van der Waals surface area contributed by atoms with Crippen LogP contribution in [0.5, 0.6) is 17.2 Å². The number of phenols is 1. The topological polar surface area (TPSA) is 80.2 Å². The van der Waals surface area contributed by atoms with Gasteiger partial charge in [0.1, 0.15) is 17.2 Å². The molecule has 28 heavy (non-hydrogen) atoms. The van der Waals surface area contributed by atoms with Gasteiger partial charge in [0.15, 0.2) is 0 Å². The molecule has 3 aromatic carbocycles. The van der Waals surface area contributed by atoms with Crippen molar-refractivity contribution in [2.24, 2.45) is 5.10 Å². The highest BCUT2D eigenvalue weighted by Crippen LogP contribution is 2.32. The quantitative estimate of drug-likeness (QED) is 0.382. The molecule has 0 aliphatic rings. The number of halogens is 2. The van der Waals surface area contributed by atoms with E-state index in [2.05, 4.69) is 42.4 Å². The minimum absolute atomic E-state index is 0.0879. The van der Waals surface area contributed by atoms with E-state index >= 15 is 0 Å². The van der Waals surface area contributed by atoms with Crippen molar-refractivity contribution in [3.63, 3.8) is 0 Å². The zero-order valence-corrected chi connectivity index (χ0v) is 18.2. The van der Waals surface area contributed by atoms with Crippen LogP contribution in [-0.2, 0) is 0 Å². The molecule has 0 unspecified atom stereocenters. The Morgan fingerprint density at radius 3 is 2.57 bits per heavy atom. The first kappa shape index (κ1) is 20.2. The number of carbonyl (C=O) groups excluding carboxylic acids is 1. The average molecular weight is 508 g/mol. The van der Waals surface area contributed by atoms with Gasteiger partial charge in [-0.15, -0.1) is 0 Å². The highest BCUT2D eigenvalue weighted by atomic mass is 79.9. The van der Waals surface area contributed by atoms with Gasteiger partial charge in [0.05, 0.1) is 30.5 Å². The summed E-state index contributed by atoms with van der Waals surface area (Å²) in [5.41, 5.74) is 3.21. The standard InChI is InChI=1S/C20H16Br2N2O4/c1-27-13-5-3-11-4-6-18(28-2)16(14(11)9-13)10-23-24-20(26)15-7-12(21)8-17(22)19(15)25/h3-10,25H,1-2H3,(H,24,26)/b23-10-. The van der Waals surface area contributed by atoms with E-state index in [0.29, 0.717) is 26.0 Å². The normalized spacial score (nSPS) is 11.0. The zero-order valence-electron chi connectivity index (χ0n) is 15.0. The van der Waals surface area contributed by atoms with Crippen molar-refractivity contribution in [2.45, 2.75) is 0 Å². The Balaban J connectivity index is 1.94. The van der Waals surface area contributed by atoms with Gasteiger partial charge in [0, 0.05) is 10.0 Å². The van der Waals surface area contributed by atoms with Gasteiger partial charge in [0.2, 0.25) is 0 Å². The van der Waals surface area contributed by atoms with Crippen LogP contribution in [-0.4, -0.2) is 31.4 Å². The molecule has 144 valence electrons. The van der Waals surface area contributed by atoms with E-state index in [-0.39, 0.29) is 11.3 Å². The Labute approximate surface area is 178 Å². The van der Waals surface area contributed by atoms with E-state index in [4.69, 9.17) is 9.47 Å². The number of nitrogens with zero attached hydrogens (tertiary/aromatic N) is 1. The van der Waals surface area contributed by atoms with E-state index in [1.165, 1.54) is 12.3 Å². The van der Waals surface area contributed by atoms with Crippen molar-refractivity contribution >= 4 is 54.8 Å². The third-order valence-electron chi connectivity index (χ3n) is 4.08. The molecule has 3 aromatic rings. The molecule has 0 saturated carbocycles. The maximum absolute atomic E-state index is 12.4. The number of ether oxygens (including phenoxy) is 2. The highest BCUT2D eigenvalue weighted by molar-refractivity contribution is 9.11. The molecule has 0 radical (unpaired) electrons. The van der Waals surface area contributed by atoms with Crippen molar-refractivity contribution < 1.29 is 19.4 Å². The number of carbonyl (C=O) groups is 1. The molecule has 0 aromatic heterocycles. The Kier molecular flexibility index (Phi) is 6.21. The van der Waals surface area contributed by atoms with Crippen LogP contribution in [0.3, 0.4) is 0 Å². The molecule has 0 bridgehead atoms. The minimum atomic E-state index is -0.549. The molecule has 1 amide bonds. The van der Waals surface area contributed by atoms with Crippen LogP contribution in [0.15, 0.2) is 56.5 Å². The van der Waals surface area contributed by atoms with Gasteiger partial charge in [-0.2, -0.15) is 5.10 Å². The molecule has 0 heterocycles. The number of nitrogens with one attached hydrogen (secondary N) is 1. The maximum Gasteiger partial charge on any atom is 0.275 e. The summed E-state index contributed by atoms with van der Waals surface area (Å²) in [5, 5.41) is 16.0. The molecule has 0 aliphatic carbocycles. The number of fused-ring (bicyclic) bond motifs is 1. The number of amides is 1. The number of methoxy groups -OCH3 is 2. The minimum Gasteiger partial charge on any atom is -0.506 e. The Hall–Kier alpha value is -2.58. The number of hydrogen-bond donors (Lipinski definition) is 2. The SMILES string of the molecule is COc1ccc2ccc(OC)c(/C=N\NC(=O)c3cc(Br)cc(Br)c3O)c2c1. The van der Waals surface area contributed by atoms with Crippen molar-refractivity contribution in [1.29, 1.82) is 0 Å². The number of hydrogen-bond acceptors (Lipinski definition) is 5. The van der Waals surface area contributed by atoms with Crippen LogP contribution in [0, 0.1) is 0 Å². The predicted octanol–water partition coefficient (Wildman–Crippen LogP) is 4.85. The molecule has 0 saturated heterocycles. The highest BCUT2D eigenvalue weighted by Gasteiger charge is 2.15. The first-order valence-corrected chi connectivity index (χ1v) is 9.69. The molecule has 0 spiro atoms. The summed E-state index contributed by atoms with van der Waals surface area (Å²) in [5.74, 6) is 0.589. The van der Waals surface area contributed by atoms with Gasteiger partial charge in [-0.25, -0.2) is 5.43 Å². The fourth-order valence-electron chi connectivity index (χ4n) is 2.69. The lowest BCUT2D eigenvalue weighted by Crippen LogP contribution is -2.18. The fraction of sp³-hybridized carbons (Fsp3) is 0.100. The second kappa shape index (κ2) is 8.62. The number of rotatable bonds is 5. The van der Waals surface area contributed by atoms with Gasteiger partial charge in [0.25, 0.3) is 5.91 Å². The third kappa shape index (κ3) is 4.13. The first-order chi connectivity index (χ1) is 13.4. The Bertz CT molecular complexity index is 1080. The number of phenolic OH excluding ortho intramolecular Hbond substituents is 1. The van der Waals surface area contributed by atoms with Gasteiger partial charge < -0.3 is 14.6 Å². The van der Waals surface area contributed by atoms with Gasteiger partial charge in [-0.1, -0.05) is 28.1 Å². The van der Waals surface area contributed by atoms with E-state index in [9.17, 15) is 9.90 Å². The second-order valence-corrected chi connectivity index (χ2v) is 7.52. The van der Waals surface area contributed by atoms with Gasteiger partial charge in [-0.3, -0.25) is 4.79 Å². The van der Waals surface area contributed by atoms with Gasteiger partial charge in [-0.05, 0) is 57.0 Å². The van der Waals surface area contributed by atoms with E-state index < -0.39 is 5.91 Å². The lowest BCUT2D eigenvalue weighted by molar-refractivity contribution is 0.0952. The summed E-state index contributed by atoms with van der Waals surface area (Å²) in [6, 6.07) is 12.6. The van der Waals surface area contributed by atoms with Crippen molar-refractivity contribution in [3.05, 3.63) is 62.5 Å². The summed E-state index contributed by atoms with van der Waals surface area (Å²) in [6.45, 7) is 0.